The van der Waals surface area contributed by atoms with Gasteiger partial charge in [0, 0.05) is 19.4 Å². The number of likely N-dealkylation sites (tertiary alicyclic amines) is 1. The molecule has 112 valence electrons. The van der Waals surface area contributed by atoms with Crippen LogP contribution in [0.5, 0.6) is 0 Å². The van der Waals surface area contributed by atoms with E-state index in [4.69, 9.17) is 0 Å². The lowest BCUT2D eigenvalue weighted by Crippen LogP contribution is -2.42. The first-order valence-electron chi connectivity index (χ1n) is 6.52. The van der Waals surface area contributed by atoms with Crippen LogP contribution in [0.3, 0.4) is 0 Å². The Morgan fingerprint density at radius 2 is 2.15 bits per heavy atom. The summed E-state index contributed by atoms with van der Waals surface area (Å²) in [5, 5.41) is 2.25. The van der Waals surface area contributed by atoms with E-state index in [0.29, 0.717) is 6.29 Å². The van der Waals surface area contributed by atoms with Gasteiger partial charge in [-0.1, -0.05) is 13.8 Å². The molecular weight excluding hydrogens is 280 g/mol. The third kappa shape index (κ3) is 4.06. The van der Waals surface area contributed by atoms with Crippen molar-refractivity contribution in [2.45, 2.75) is 38.0 Å². The van der Waals surface area contributed by atoms with Crippen molar-refractivity contribution in [3.8, 4) is 0 Å². The molecule has 6 nitrogen and oxygen atoms in total. The average molecular weight is 300 g/mol. The highest BCUT2D eigenvalue weighted by Gasteiger charge is 2.37. The van der Waals surface area contributed by atoms with Crippen LogP contribution in [0.4, 0.5) is 0 Å². The first kappa shape index (κ1) is 16.7. The number of hydrogen-bond donors (Lipinski definition) is 1. The minimum Gasteiger partial charge on any atom is -0.346 e. The molecule has 0 aromatic rings. The molecule has 20 heavy (non-hydrogen) atoms. The van der Waals surface area contributed by atoms with Gasteiger partial charge >= 0.3 is 0 Å². The minimum atomic E-state index is -0.536. The zero-order valence-electron chi connectivity index (χ0n) is 11.9. The van der Waals surface area contributed by atoms with Crippen molar-refractivity contribution in [1.29, 1.82) is 0 Å². The fourth-order valence-electron chi connectivity index (χ4n) is 1.90. The Hall–Kier alpha value is -1.37. The second-order valence-corrected chi connectivity index (χ2v) is 6.08. The molecule has 1 aliphatic rings. The monoisotopic (exact) mass is 300 g/mol. The number of carbonyl (C=O) groups is 4. The highest BCUT2D eigenvalue weighted by molar-refractivity contribution is 8.00. The Bertz CT molecular complexity index is 411. The maximum absolute atomic E-state index is 11.8. The SMILES string of the molecule is CSC1CC(=O)N(CCC(=O)NC(C=O)C(C)C)C1=O. The van der Waals surface area contributed by atoms with E-state index in [-0.39, 0.29) is 48.3 Å². The van der Waals surface area contributed by atoms with Crippen molar-refractivity contribution >= 4 is 35.8 Å². The fraction of sp³-hybridized carbons (Fsp3) is 0.692. The zero-order valence-corrected chi connectivity index (χ0v) is 12.7. The Morgan fingerprint density at radius 1 is 1.50 bits per heavy atom. The predicted octanol–water partition coefficient (Wildman–Crippen LogP) is 0.207. The molecular formula is C13H20N2O4S. The molecule has 0 bridgehead atoms. The molecule has 0 radical (unpaired) electrons. The van der Waals surface area contributed by atoms with Crippen LogP contribution in [0.2, 0.25) is 0 Å². The van der Waals surface area contributed by atoms with Crippen LogP contribution in [0.1, 0.15) is 26.7 Å². The summed E-state index contributed by atoms with van der Waals surface area (Å²) < 4.78 is 0. The third-order valence-corrected chi connectivity index (χ3v) is 4.18. The van der Waals surface area contributed by atoms with Gasteiger partial charge < -0.3 is 10.1 Å². The maximum atomic E-state index is 11.8. The van der Waals surface area contributed by atoms with E-state index in [1.54, 1.807) is 6.26 Å². The van der Waals surface area contributed by atoms with Crippen molar-refractivity contribution < 1.29 is 19.2 Å². The van der Waals surface area contributed by atoms with Gasteiger partial charge in [0.2, 0.25) is 17.7 Å². The molecule has 0 saturated carbocycles. The Morgan fingerprint density at radius 3 is 2.60 bits per heavy atom. The lowest BCUT2D eigenvalue weighted by molar-refractivity contribution is -0.138. The molecule has 2 atom stereocenters. The molecule has 1 rings (SSSR count). The van der Waals surface area contributed by atoms with Crippen LogP contribution in [-0.2, 0) is 19.2 Å². The first-order valence-corrected chi connectivity index (χ1v) is 7.81. The van der Waals surface area contributed by atoms with Gasteiger partial charge in [-0.15, -0.1) is 0 Å². The van der Waals surface area contributed by atoms with E-state index in [0.717, 1.165) is 4.90 Å². The molecule has 2 unspecified atom stereocenters. The van der Waals surface area contributed by atoms with Gasteiger partial charge in [0.25, 0.3) is 0 Å². The molecule has 1 N–H and O–H groups in total. The van der Waals surface area contributed by atoms with Crippen molar-refractivity contribution in [3.05, 3.63) is 0 Å². The van der Waals surface area contributed by atoms with Crippen molar-refractivity contribution in [1.82, 2.24) is 10.2 Å². The topological polar surface area (TPSA) is 83.6 Å². The summed E-state index contributed by atoms with van der Waals surface area (Å²) in [5.41, 5.74) is 0. The molecule has 1 saturated heterocycles. The standard InChI is InChI=1S/C13H20N2O4S/c1-8(2)9(7-16)14-11(17)4-5-15-12(18)6-10(20-3)13(15)19/h7-10H,4-6H2,1-3H3,(H,14,17). The molecule has 0 aliphatic carbocycles. The quantitative estimate of drug-likeness (QED) is 0.536. The number of hydrogen-bond acceptors (Lipinski definition) is 5. The van der Waals surface area contributed by atoms with E-state index < -0.39 is 6.04 Å². The predicted molar refractivity (Wildman–Crippen MR) is 76.1 cm³/mol. The van der Waals surface area contributed by atoms with Crippen LogP contribution in [0, 0.1) is 5.92 Å². The van der Waals surface area contributed by atoms with Gasteiger partial charge in [0.15, 0.2) is 0 Å². The number of nitrogens with zero attached hydrogens (tertiary/aromatic N) is 1. The summed E-state index contributed by atoms with van der Waals surface area (Å²) in [5.74, 6) is -0.791. The van der Waals surface area contributed by atoms with Crippen molar-refractivity contribution in [2.24, 2.45) is 5.92 Å². The summed E-state index contributed by atoms with van der Waals surface area (Å²) in [6.07, 6.45) is 2.70. The lowest BCUT2D eigenvalue weighted by atomic mass is 10.1. The highest BCUT2D eigenvalue weighted by atomic mass is 32.2. The summed E-state index contributed by atoms with van der Waals surface area (Å²) in [4.78, 5) is 47.1. The molecule has 0 spiro atoms. The minimum absolute atomic E-state index is 0.00683. The van der Waals surface area contributed by atoms with Crippen LogP contribution in [-0.4, -0.2) is 53.0 Å². The highest BCUT2D eigenvalue weighted by Crippen LogP contribution is 2.22. The third-order valence-electron chi connectivity index (χ3n) is 3.24. The Kier molecular flexibility index (Phi) is 6.19. The summed E-state index contributed by atoms with van der Waals surface area (Å²) in [6, 6.07) is -0.536. The Labute approximate surface area is 122 Å². The molecule has 0 aromatic carbocycles. The van der Waals surface area contributed by atoms with Gasteiger partial charge in [-0.3, -0.25) is 19.3 Å². The smallest absolute Gasteiger partial charge is 0.242 e. The van der Waals surface area contributed by atoms with Gasteiger partial charge in [-0.05, 0) is 12.2 Å². The second-order valence-electron chi connectivity index (χ2n) is 5.04. The average Bonchev–Trinajstić information content (AvgIpc) is 2.68. The van der Waals surface area contributed by atoms with Gasteiger partial charge in [-0.2, -0.15) is 11.8 Å². The molecule has 7 heteroatoms. The largest absolute Gasteiger partial charge is 0.346 e. The van der Waals surface area contributed by atoms with E-state index in [1.165, 1.54) is 11.8 Å². The van der Waals surface area contributed by atoms with E-state index in [1.807, 2.05) is 13.8 Å². The van der Waals surface area contributed by atoms with Crippen LogP contribution < -0.4 is 5.32 Å². The number of carbonyl (C=O) groups excluding carboxylic acids is 4. The maximum Gasteiger partial charge on any atom is 0.242 e. The van der Waals surface area contributed by atoms with Gasteiger partial charge in [-0.25, -0.2) is 0 Å². The second kappa shape index (κ2) is 7.42. The number of nitrogens with one attached hydrogen (secondary N) is 1. The first-order chi connectivity index (χ1) is 9.40. The van der Waals surface area contributed by atoms with Crippen molar-refractivity contribution in [3.63, 3.8) is 0 Å². The van der Waals surface area contributed by atoms with E-state index in [2.05, 4.69) is 5.32 Å². The molecule has 1 heterocycles. The van der Waals surface area contributed by atoms with Crippen LogP contribution in [0.15, 0.2) is 0 Å². The zero-order chi connectivity index (χ0) is 15.3. The van der Waals surface area contributed by atoms with Gasteiger partial charge in [0.1, 0.15) is 6.29 Å². The summed E-state index contributed by atoms with van der Waals surface area (Å²) in [6.45, 7) is 3.73. The van der Waals surface area contributed by atoms with E-state index >= 15 is 0 Å². The number of rotatable bonds is 7. The van der Waals surface area contributed by atoms with Crippen LogP contribution in [0.25, 0.3) is 0 Å². The Balaban J connectivity index is 2.47. The molecule has 3 amide bonds. The summed E-state index contributed by atoms with van der Waals surface area (Å²) >= 11 is 1.34. The van der Waals surface area contributed by atoms with Gasteiger partial charge in [0.05, 0.1) is 11.3 Å². The normalized spacial score (nSPS) is 20.4. The van der Waals surface area contributed by atoms with Crippen LogP contribution >= 0.6 is 11.8 Å². The molecule has 1 fully saturated rings. The number of thioether (sulfide) groups is 1. The summed E-state index contributed by atoms with van der Waals surface area (Å²) in [7, 11) is 0. The number of aldehydes is 1. The number of amides is 3. The fourth-order valence-corrected chi connectivity index (χ4v) is 2.54. The molecule has 0 aromatic heterocycles. The van der Waals surface area contributed by atoms with Crippen molar-refractivity contribution in [2.75, 3.05) is 12.8 Å². The number of imide groups is 1. The molecule has 1 aliphatic heterocycles. The van der Waals surface area contributed by atoms with E-state index in [9.17, 15) is 19.2 Å². The lowest BCUT2D eigenvalue weighted by Gasteiger charge is -2.18.